The smallest absolute Gasteiger partial charge is 0.254 e. The van der Waals surface area contributed by atoms with Crippen LogP contribution in [-0.4, -0.2) is 77.4 Å². The van der Waals surface area contributed by atoms with Crippen LogP contribution in [0.3, 0.4) is 0 Å². The van der Waals surface area contributed by atoms with E-state index in [1.807, 2.05) is 5.06 Å². The summed E-state index contributed by atoms with van der Waals surface area (Å²) in [6.45, 7) is 1.61. The summed E-state index contributed by atoms with van der Waals surface area (Å²) in [6, 6.07) is 12.8. The summed E-state index contributed by atoms with van der Waals surface area (Å²) in [5.74, 6) is 2.18. The van der Waals surface area contributed by atoms with Crippen LogP contribution in [0.4, 0.5) is 4.39 Å². The van der Waals surface area contributed by atoms with Crippen LogP contribution < -0.4 is 33.7 Å². The minimum atomic E-state index is -1.04. The maximum Gasteiger partial charge on any atom is 0.254 e. The molecule has 3 aromatic rings. The summed E-state index contributed by atoms with van der Waals surface area (Å²) in [7, 11) is 7.68. The highest BCUT2D eigenvalue weighted by Crippen LogP contribution is 2.50. The van der Waals surface area contributed by atoms with E-state index in [2.05, 4.69) is 5.32 Å². The first-order valence-electron chi connectivity index (χ1n) is 15.4. The number of rotatable bonds is 13. The number of benzene rings is 3. The summed E-state index contributed by atoms with van der Waals surface area (Å²) < 4.78 is 48.2. The van der Waals surface area contributed by atoms with Crippen LogP contribution >= 0.6 is 0 Å². The van der Waals surface area contributed by atoms with Crippen molar-refractivity contribution < 1.29 is 47.6 Å². The lowest BCUT2D eigenvalue weighted by Gasteiger charge is -2.32. The Morgan fingerprint density at radius 2 is 1.62 bits per heavy atom. The van der Waals surface area contributed by atoms with Crippen LogP contribution in [0.1, 0.15) is 53.3 Å². The fourth-order valence-corrected chi connectivity index (χ4v) is 5.89. The highest BCUT2D eigenvalue weighted by Gasteiger charge is 2.33. The van der Waals surface area contributed by atoms with Crippen molar-refractivity contribution in [3.8, 4) is 34.5 Å². The molecule has 5 rings (SSSR count). The van der Waals surface area contributed by atoms with Gasteiger partial charge in [0.15, 0.2) is 11.5 Å². The second-order valence-electron chi connectivity index (χ2n) is 11.1. The van der Waals surface area contributed by atoms with Gasteiger partial charge in [0.05, 0.1) is 53.3 Å². The lowest BCUT2D eigenvalue weighted by molar-refractivity contribution is -0.171. The second kappa shape index (κ2) is 15.4. The monoisotopic (exact) mass is 652 g/mol. The molecule has 1 atom stereocenters. The number of nitrogens with one attached hydrogen (secondary N) is 1. The van der Waals surface area contributed by atoms with E-state index in [1.54, 1.807) is 43.5 Å². The van der Waals surface area contributed by atoms with Gasteiger partial charge in [0, 0.05) is 42.4 Å². The molecule has 2 aliphatic rings. The van der Waals surface area contributed by atoms with Gasteiger partial charge in [-0.25, -0.2) is 4.39 Å². The number of fused-ring (bicyclic) bond motifs is 1. The third-order valence-electron chi connectivity index (χ3n) is 8.34. The maximum absolute atomic E-state index is 14.0. The van der Waals surface area contributed by atoms with E-state index >= 15 is 0 Å². The zero-order valence-electron chi connectivity index (χ0n) is 27.3. The number of aliphatic hydroxyl groups is 1. The number of nitrogens with zero attached hydrogens (tertiary/aromatic N) is 1. The minimum absolute atomic E-state index is 0.0413. The fraction of sp³-hybridized carbons (Fsp3) is 0.400. The van der Waals surface area contributed by atoms with Gasteiger partial charge >= 0.3 is 0 Å². The van der Waals surface area contributed by atoms with Crippen molar-refractivity contribution in [2.45, 2.75) is 37.8 Å². The molecule has 2 N–H and O–H groups in total. The Morgan fingerprint density at radius 3 is 2.23 bits per heavy atom. The Bertz CT molecular complexity index is 1580. The first-order chi connectivity index (χ1) is 22.8. The molecule has 47 heavy (non-hydrogen) atoms. The fourth-order valence-electron chi connectivity index (χ4n) is 5.89. The van der Waals surface area contributed by atoms with Gasteiger partial charge in [-0.05, 0) is 49.9 Å². The SMILES string of the molecule is COc1cc(OC)c2c(c1)OC(c1cc(OC)c(OC)c(OC)c1)=C(CCCON1CCC(NC(=O)c3ccccc3F)CC1)C2O. The van der Waals surface area contributed by atoms with Crippen LogP contribution in [0.25, 0.3) is 5.76 Å². The van der Waals surface area contributed by atoms with Gasteiger partial charge in [0.1, 0.15) is 34.9 Å². The molecule has 0 bridgehead atoms. The van der Waals surface area contributed by atoms with Crippen molar-refractivity contribution in [3.63, 3.8) is 0 Å². The second-order valence-corrected chi connectivity index (χ2v) is 11.1. The number of aliphatic hydroxyl groups excluding tert-OH is 1. The predicted molar refractivity (Wildman–Crippen MR) is 172 cm³/mol. The summed E-state index contributed by atoms with van der Waals surface area (Å²) in [5.41, 5.74) is 1.80. The molecular weight excluding hydrogens is 611 g/mol. The largest absolute Gasteiger partial charge is 0.496 e. The van der Waals surface area contributed by atoms with Crippen molar-refractivity contribution in [1.29, 1.82) is 0 Å². The molecular formula is C35H41FN2O9. The zero-order valence-corrected chi connectivity index (χ0v) is 27.3. The van der Waals surface area contributed by atoms with Gasteiger partial charge in [0.25, 0.3) is 5.91 Å². The number of hydroxylamine groups is 2. The molecule has 1 amide bonds. The molecule has 1 fully saturated rings. The molecule has 2 heterocycles. The summed E-state index contributed by atoms with van der Waals surface area (Å²) in [5, 5.41) is 16.6. The molecule has 1 unspecified atom stereocenters. The standard InChI is InChI=1S/C35H41FN2O9/c1-41-23-19-27(42-2)31-28(20-23)47-33(21-17-29(43-3)34(45-5)30(18-21)44-4)25(32(31)39)10-8-16-46-38-14-12-22(13-15-38)37-35(40)24-9-6-7-11-26(24)36/h6-7,9,11,17-20,22,32,39H,8,10,12-16H2,1-5H3,(H,37,40). The minimum Gasteiger partial charge on any atom is -0.496 e. The Kier molecular flexibility index (Phi) is 11.1. The molecule has 2 aliphatic heterocycles. The molecule has 0 aliphatic carbocycles. The normalized spacial score (nSPS) is 16.6. The van der Waals surface area contributed by atoms with Gasteiger partial charge < -0.3 is 38.8 Å². The number of amides is 1. The van der Waals surface area contributed by atoms with Gasteiger partial charge in [-0.1, -0.05) is 12.1 Å². The number of hydrogen-bond acceptors (Lipinski definition) is 10. The Labute approximate surface area is 273 Å². The molecule has 0 spiro atoms. The van der Waals surface area contributed by atoms with E-state index in [1.165, 1.54) is 40.6 Å². The number of hydrogen-bond donors (Lipinski definition) is 2. The van der Waals surface area contributed by atoms with Crippen molar-refractivity contribution in [1.82, 2.24) is 10.4 Å². The number of ether oxygens (including phenoxy) is 6. The summed E-state index contributed by atoms with van der Waals surface area (Å²) in [4.78, 5) is 18.6. The van der Waals surface area contributed by atoms with E-state index in [9.17, 15) is 14.3 Å². The number of piperidine rings is 1. The van der Waals surface area contributed by atoms with Crippen LogP contribution in [0.15, 0.2) is 54.1 Å². The number of methoxy groups -OCH3 is 5. The van der Waals surface area contributed by atoms with Gasteiger partial charge in [-0.2, -0.15) is 5.06 Å². The number of carbonyl (C=O) groups excluding carboxylic acids is 1. The molecule has 11 nitrogen and oxygen atoms in total. The average molecular weight is 653 g/mol. The van der Waals surface area contributed by atoms with Crippen LogP contribution in [0, 0.1) is 5.82 Å². The molecule has 12 heteroatoms. The van der Waals surface area contributed by atoms with Gasteiger partial charge in [-0.15, -0.1) is 0 Å². The molecule has 3 aromatic carbocycles. The van der Waals surface area contributed by atoms with E-state index in [0.717, 1.165) is 0 Å². The van der Waals surface area contributed by atoms with E-state index in [-0.39, 0.29) is 11.6 Å². The first kappa shape index (κ1) is 33.8. The molecule has 252 valence electrons. The van der Waals surface area contributed by atoms with Crippen molar-refractivity contribution >= 4 is 11.7 Å². The third kappa shape index (κ3) is 7.40. The number of carbonyl (C=O) groups is 1. The van der Waals surface area contributed by atoms with Crippen LogP contribution in [0.2, 0.25) is 0 Å². The Morgan fingerprint density at radius 1 is 0.936 bits per heavy atom. The quantitative estimate of drug-likeness (QED) is 0.235. The Hall–Kier alpha value is -4.52. The van der Waals surface area contributed by atoms with E-state index in [0.29, 0.717) is 102 Å². The number of halogens is 1. The zero-order chi connectivity index (χ0) is 33.5. The highest BCUT2D eigenvalue weighted by atomic mass is 19.1. The van der Waals surface area contributed by atoms with Crippen molar-refractivity contribution in [2.24, 2.45) is 0 Å². The lowest BCUT2D eigenvalue weighted by atomic mass is 9.90. The van der Waals surface area contributed by atoms with Crippen molar-refractivity contribution in [2.75, 3.05) is 55.2 Å². The summed E-state index contributed by atoms with van der Waals surface area (Å²) in [6.07, 6.45) is 1.31. The van der Waals surface area contributed by atoms with Gasteiger partial charge in [0.2, 0.25) is 5.75 Å². The Balaban J connectivity index is 1.29. The van der Waals surface area contributed by atoms with E-state index < -0.39 is 17.8 Å². The van der Waals surface area contributed by atoms with Gasteiger partial charge in [-0.3, -0.25) is 9.63 Å². The van der Waals surface area contributed by atoms with Crippen molar-refractivity contribution in [3.05, 3.63) is 76.6 Å². The van der Waals surface area contributed by atoms with Crippen LogP contribution in [-0.2, 0) is 4.84 Å². The average Bonchev–Trinajstić information content (AvgIpc) is 3.10. The third-order valence-corrected chi connectivity index (χ3v) is 8.34. The molecule has 0 aromatic heterocycles. The van der Waals surface area contributed by atoms with Crippen LogP contribution in [0.5, 0.6) is 34.5 Å². The maximum atomic E-state index is 14.0. The molecule has 0 radical (unpaired) electrons. The summed E-state index contributed by atoms with van der Waals surface area (Å²) >= 11 is 0. The molecule has 0 saturated carbocycles. The van der Waals surface area contributed by atoms with E-state index in [4.69, 9.17) is 33.3 Å². The predicted octanol–water partition coefficient (Wildman–Crippen LogP) is 5.31. The first-order valence-corrected chi connectivity index (χ1v) is 15.4. The highest BCUT2D eigenvalue weighted by molar-refractivity contribution is 5.94. The topological polar surface area (TPSA) is 117 Å². The lowest BCUT2D eigenvalue weighted by Crippen LogP contribution is -2.44. The molecule has 1 saturated heterocycles.